The van der Waals surface area contributed by atoms with Gasteiger partial charge in [-0.25, -0.2) is 0 Å². The molecule has 0 radical (unpaired) electrons. The lowest BCUT2D eigenvalue weighted by atomic mass is 10.1. The van der Waals surface area contributed by atoms with Gasteiger partial charge in [-0.3, -0.25) is 4.90 Å². The van der Waals surface area contributed by atoms with Crippen molar-refractivity contribution in [2.75, 3.05) is 38.3 Å². The fourth-order valence-corrected chi connectivity index (χ4v) is 4.17. The summed E-state index contributed by atoms with van der Waals surface area (Å²) in [5, 5.41) is 12.8. The first-order valence-corrected chi connectivity index (χ1v) is 11.1. The molecule has 0 spiro atoms. The number of benzene rings is 2. The summed E-state index contributed by atoms with van der Waals surface area (Å²) in [7, 11) is 2.06. The van der Waals surface area contributed by atoms with Crippen molar-refractivity contribution in [2.24, 2.45) is 0 Å². The Morgan fingerprint density at radius 2 is 1.70 bits per heavy atom. The summed E-state index contributed by atoms with van der Waals surface area (Å²) in [5.41, 5.74) is 4.91. The van der Waals surface area contributed by atoms with Crippen molar-refractivity contribution in [1.82, 2.24) is 20.3 Å². The van der Waals surface area contributed by atoms with Crippen LogP contribution in [0.25, 0.3) is 22.7 Å². The van der Waals surface area contributed by atoms with Crippen molar-refractivity contribution in [3.8, 4) is 22.7 Å². The van der Waals surface area contributed by atoms with Gasteiger partial charge in [-0.1, -0.05) is 53.7 Å². The van der Waals surface area contributed by atoms with Crippen molar-refractivity contribution < 1.29 is 13.7 Å². The van der Waals surface area contributed by atoms with Crippen LogP contribution in [0.1, 0.15) is 17.2 Å². The van der Waals surface area contributed by atoms with Crippen LogP contribution in [0.4, 0.5) is 5.69 Å². The lowest BCUT2D eigenvalue weighted by Crippen LogP contribution is -2.37. The molecule has 0 N–H and O–H groups in total. The predicted octanol–water partition coefficient (Wildman–Crippen LogP) is 4.17. The van der Waals surface area contributed by atoms with Gasteiger partial charge in [0.2, 0.25) is 5.89 Å². The monoisotopic (exact) mass is 445 g/mol. The van der Waals surface area contributed by atoms with E-state index in [4.69, 9.17) is 13.7 Å². The molecule has 170 valence electrons. The van der Waals surface area contributed by atoms with E-state index >= 15 is 0 Å². The largest absolute Gasteiger partial charge is 0.419 e. The number of morpholine rings is 1. The summed E-state index contributed by atoms with van der Waals surface area (Å²) in [5.74, 6) is 1.62. The molecule has 8 nitrogen and oxygen atoms in total. The Morgan fingerprint density at radius 1 is 0.939 bits per heavy atom. The van der Waals surface area contributed by atoms with E-state index in [2.05, 4.69) is 56.5 Å². The minimum atomic E-state index is 0.421. The third kappa shape index (κ3) is 4.67. The molecule has 3 heterocycles. The smallest absolute Gasteiger partial charge is 0.253 e. The maximum Gasteiger partial charge on any atom is 0.253 e. The van der Waals surface area contributed by atoms with Crippen LogP contribution in [0.2, 0.25) is 0 Å². The molecular weight excluding hydrogens is 418 g/mol. The summed E-state index contributed by atoms with van der Waals surface area (Å²) < 4.78 is 17.0. The molecule has 0 saturated carbocycles. The molecule has 4 aromatic rings. The maximum absolute atomic E-state index is 6.04. The molecular formula is C25H27N5O3. The second-order valence-corrected chi connectivity index (χ2v) is 8.23. The van der Waals surface area contributed by atoms with Crippen molar-refractivity contribution >= 4 is 5.69 Å². The van der Waals surface area contributed by atoms with Crippen molar-refractivity contribution in [2.45, 2.75) is 20.0 Å². The van der Waals surface area contributed by atoms with Crippen LogP contribution in [-0.4, -0.2) is 53.6 Å². The molecule has 1 aliphatic rings. The number of aryl methyl sites for hydroxylation is 1. The second kappa shape index (κ2) is 9.56. The Bertz CT molecular complexity index is 1200. The first-order chi connectivity index (χ1) is 16.2. The summed E-state index contributed by atoms with van der Waals surface area (Å²) >= 11 is 0. The van der Waals surface area contributed by atoms with Crippen LogP contribution < -0.4 is 4.90 Å². The average molecular weight is 446 g/mol. The summed E-state index contributed by atoms with van der Waals surface area (Å²) in [4.78, 5) is 4.56. The second-order valence-electron chi connectivity index (χ2n) is 8.23. The van der Waals surface area contributed by atoms with E-state index in [0.717, 1.165) is 44.0 Å². The number of aromatic nitrogens is 3. The normalized spacial score (nSPS) is 14.2. The molecule has 1 fully saturated rings. The van der Waals surface area contributed by atoms with Crippen LogP contribution >= 0.6 is 0 Å². The molecule has 1 saturated heterocycles. The Balaban J connectivity index is 1.31. The van der Waals surface area contributed by atoms with Crippen LogP contribution in [0, 0.1) is 6.92 Å². The standard InChI is InChI=1S/C25H27N5O3/c1-18-23(24(28-33-18)19-8-4-3-5-9-19)25-27-26-22(32-25)17-29(2)16-20-10-6-7-11-21(20)30-12-14-31-15-13-30/h3-11H,12-17H2,1-2H3. The van der Waals surface area contributed by atoms with Crippen LogP contribution in [0.3, 0.4) is 0 Å². The molecule has 8 heteroatoms. The number of hydrogen-bond acceptors (Lipinski definition) is 8. The number of para-hydroxylation sites is 1. The lowest BCUT2D eigenvalue weighted by molar-refractivity contribution is 0.122. The number of ether oxygens (including phenoxy) is 1. The Hall–Kier alpha value is -3.49. The molecule has 1 aliphatic heterocycles. The predicted molar refractivity (Wildman–Crippen MR) is 125 cm³/mol. The van der Waals surface area contributed by atoms with Crippen molar-refractivity contribution in [1.29, 1.82) is 0 Å². The number of nitrogens with zero attached hydrogens (tertiary/aromatic N) is 5. The van der Waals surface area contributed by atoms with Gasteiger partial charge in [0.1, 0.15) is 17.0 Å². The minimum absolute atomic E-state index is 0.421. The molecule has 0 atom stereocenters. The number of hydrogen-bond donors (Lipinski definition) is 0. The van der Waals surface area contributed by atoms with E-state index in [9.17, 15) is 0 Å². The minimum Gasteiger partial charge on any atom is -0.419 e. The van der Waals surface area contributed by atoms with E-state index < -0.39 is 0 Å². The molecule has 33 heavy (non-hydrogen) atoms. The highest BCUT2D eigenvalue weighted by Crippen LogP contribution is 2.33. The summed E-state index contributed by atoms with van der Waals surface area (Å²) in [6, 6.07) is 18.4. The third-order valence-corrected chi connectivity index (χ3v) is 5.78. The van der Waals surface area contributed by atoms with Gasteiger partial charge >= 0.3 is 0 Å². The van der Waals surface area contributed by atoms with Gasteiger partial charge in [0.25, 0.3) is 5.89 Å². The maximum atomic E-state index is 6.04. The van der Waals surface area contributed by atoms with E-state index in [1.807, 2.05) is 37.3 Å². The van der Waals surface area contributed by atoms with Crippen molar-refractivity contribution in [3.63, 3.8) is 0 Å². The quantitative estimate of drug-likeness (QED) is 0.419. The highest BCUT2D eigenvalue weighted by molar-refractivity contribution is 5.77. The number of anilines is 1. The molecule has 0 unspecified atom stereocenters. The molecule has 5 rings (SSSR count). The van der Waals surface area contributed by atoms with Gasteiger partial charge in [-0.15, -0.1) is 10.2 Å². The van der Waals surface area contributed by atoms with Crippen LogP contribution in [0.15, 0.2) is 63.5 Å². The molecule has 2 aromatic carbocycles. The van der Waals surface area contributed by atoms with E-state index in [-0.39, 0.29) is 0 Å². The zero-order chi connectivity index (χ0) is 22.6. The first kappa shape index (κ1) is 21.4. The zero-order valence-electron chi connectivity index (χ0n) is 18.9. The SMILES string of the molecule is Cc1onc(-c2ccccc2)c1-c1nnc(CN(C)Cc2ccccc2N2CCOCC2)o1. The van der Waals surface area contributed by atoms with Crippen LogP contribution in [0.5, 0.6) is 0 Å². The third-order valence-electron chi connectivity index (χ3n) is 5.78. The Morgan fingerprint density at radius 3 is 2.52 bits per heavy atom. The molecule has 0 amide bonds. The van der Waals surface area contributed by atoms with E-state index in [1.165, 1.54) is 11.3 Å². The highest BCUT2D eigenvalue weighted by Gasteiger charge is 2.22. The summed E-state index contributed by atoms with van der Waals surface area (Å²) in [6.45, 7) is 6.52. The first-order valence-electron chi connectivity index (χ1n) is 11.1. The topological polar surface area (TPSA) is 80.7 Å². The van der Waals surface area contributed by atoms with Gasteiger partial charge in [-0.05, 0) is 25.6 Å². The average Bonchev–Trinajstić information content (AvgIpc) is 3.46. The Labute approximate surface area is 192 Å². The van der Waals surface area contributed by atoms with Crippen LogP contribution in [-0.2, 0) is 17.8 Å². The fourth-order valence-electron chi connectivity index (χ4n) is 4.17. The zero-order valence-corrected chi connectivity index (χ0v) is 18.9. The van der Waals surface area contributed by atoms with E-state index in [1.54, 1.807) is 0 Å². The van der Waals surface area contributed by atoms with Gasteiger partial charge in [-0.2, -0.15) is 0 Å². The Kier molecular flexibility index (Phi) is 6.19. The molecule has 2 aromatic heterocycles. The lowest BCUT2D eigenvalue weighted by Gasteiger charge is -2.31. The van der Waals surface area contributed by atoms with Gasteiger partial charge in [0.05, 0.1) is 19.8 Å². The molecule has 0 bridgehead atoms. The van der Waals surface area contributed by atoms with Gasteiger partial charge in [0.15, 0.2) is 0 Å². The molecule has 0 aliphatic carbocycles. The van der Waals surface area contributed by atoms with Crippen molar-refractivity contribution in [3.05, 3.63) is 71.8 Å². The van der Waals surface area contributed by atoms with E-state index in [0.29, 0.717) is 29.8 Å². The highest BCUT2D eigenvalue weighted by atomic mass is 16.5. The van der Waals surface area contributed by atoms with Gasteiger partial charge < -0.3 is 18.6 Å². The number of rotatable bonds is 7. The summed E-state index contributed by atoms with van der Waals surface area (Å²) in [6.07, 6.45) is 0. The van der Waals surface area contributed by atoms with Gasteiger partial charge in [0, 0.05) is 30.9 Å². The fraction of sp³-hybridized carbons (Fsp3) is 0.320.